The molecule has 0 unspecified atom stereocenters. The minimum Gasteiger partial charge on any atom is -0.354 e. The third-order valence-electron chi connectivity index (χ3n) is 4.77. The molecule has 2 heterocycles. The second kappa shape index (κ2) is 6.63. The van der Waals surface area contributed by atoms with E-state index >= 15 is 0 Å². The highest BCUT2D eigenvalue weighted by Crippen LogP contribution is 2.26. The molecule has 132 valence electrons. The smallest absolute Gasteiger partial charge is 0.268 e. The molecule has 0 spiro atoms. The monoisotopic (exact) mass is 348 g/mol. The van der Waals surface area contributed by atoms with Crippen LogP contribution in [0.3, 0.4) is 0 Å². The van der Waals surface area contributed by atoms with Crippen molar-refractivity contribution in [3.63, 3.8) is 0 Å². The predicted molar refractivity (Wildman–Crippen MR) is 97.5 cm³/mol. The van der Waals surface area contributed by atoms with Crippen molar-refractivity contribution in [1.29, 1.82) is 0 Å². The van der Waals surface area contributed by atoms with Gasteiger partial charge in [0.05, 0.1) is 11.9 Å². The first-order valence-corrected chi connectivity index (χ1v) is 8.75. The highest BCUT2D eigenvalue weighted by atomic mass is 16.2. The minimum absolute atomic E-state index is 0.128. The number of aromatic amines is 1. The van der Waals surface area contributed by atoms with Crippen LogP contribution in [0.4, 0.5) is 0 Å². The van der Waals surface area contributed by atoms with Gasteiger partial charge < -0.3 is 10.3 Å². The predicted octanol–water partition coefficient (Wildman–Crippen LogP) is 2.96. The lowest BCUT2D eigenvalue weighted by Gasteiger charge is -2.09. The zero-order chi connectivity index (χ0) is 18.1. The van der Waals surface area contributed by atoms with Gasteiger partial charge in [-0.05, 0) is 37.5 Å². The van der Waals surface area contributed by atoms with Gasteiger partial charge in [-0.3, -0.25) is 9.59 Å². The lowest BCUT2D eigenvalue weighted by atomic mass is 9.94. The van der Waals surface area contributed by atoms with E-state index in [2.05, 4.69) is 15.4 Å². The summed E-state index contributed by atoms with van der Waals surface area (Å²) >= 11 is 0. The van der Waals surface area contributed by atoms with Crippen LogP contribution in [0.1, 0.15) is 50.5 Å². The van der Waals surface area contributed by atoms with Crippen molar-refractivity contribution in [2.24, 2.45) is 0 Å². The number of rotatable bonds is 4. The average molecular weight is 348 g/mol. The van der Waals surface area contributed by atoms with E-state index in [0.29, 0.717) is 24.2 Å². The minimum atomic E-state index is -0.197. The number of carbonyl (C=O) groups is 2. The van der Waals surface area contributed by atoms with Crippen LogP contribution in [-0.4, -0.2) is 26.5 Å². The first kappa shape index (κ1) is 16.3. The molecular formula is C20H20N4O2. The number of amides is 1. The Morgan fingerprint density at radius 2 is 2.08 bits per heavy atom. The van der Waals surface area contributed by atoms with Crippen LogP contribution in [0, 0.1) is 6.92 Å². The quantitative estimate of drug-likeness (QED) is 0.761. The van der Waals surface area contributed by atoms with Crippen LogP contribution in [-0.2, 0) is 13.0 Å². The number of ketones is 1. The molecule has 3 aromatic rings. The molecule has 4 rings (SSSR count). The van der Waals surface area contributed by atoms with Crippen molar-refractivity contribution >= 4 is 11.7 Å². The van der Waals surface area contributed by atoms with E-state index in [1.165, 1.54) is 0 Å². The fourth-order valence-electron chi connectivity index (χ4n) is 3.45. The molecule has 1 amide bonds. The molecule has 1 aliphatic rings. The SMILES string of the molecule is Cc1c(C(=O)NCc2cnn(-c3ccccc3)c2)[nH]c2c1C(=O)CCC2. The maximum absolute atomic E-state index is 12.6. The first-order valence-electron chi connectivity index (χ1n) is 8.75. The molecule has 1 aliphatic carbocycles. The zero-order valence-electron chi connectivity index (χ0n) is 14.6. The Hall–Kier alpha value is -3.15. The molecule has 26 heavy (non-hydrogen) atoms. The summed E-state index contributed by atoms with van der Waals surface area (Å²) in [5.41, 5.74) is 4.71. The zero-order valence-corrected chi connectivity index (χ0v) is 14.6. The fourth-order valence-corrected chi connectivity index (χ4v) is 3.45. The van der Waals surface area contributed by atoms with Gasteiger partial charge in [-0.25, -0.2) is 4.68 Å². The maximum Gasteiger partial charge on any atom is 0.268 e. The Balaban J connectivity index is 1.47. The summed E-state index contributed by atoms with van der Waals surface area (Å²) in [5.74, 6) is -0.0691. The Morgan fingerprint density at radius 3 is 2.85 bits per heavy atom. The van der Waals surface area contributed by atoms with Gasteiger partial charge in [0.1, 0.15) is 5.69 Å². The topological polar surface area (TPSA) is 79.8 Å². The van der Waals surface area contributed by atoms with Crippen molar-refractivity contribution in [2.75, 3.05) is 0 Å². The summed E-state index contributed by atoms with van der Waals surface area (Å²) in [6.07, 6.45) is 5.85. The summed E-state index contributed by atoms with van der Waals surface area (Å²) in [5, 5.41) is 7.24. The maximum atomic E-state index is 12.6. The third-order valence-corrected chi connectivity index (χ3v) is 4.77. The van der Waals surface area contributed by atoms with E-state index in [1.807, 2.05) is 43.5 Å². The second-order valence-electron chi connectivity index (χ2n) is 6.57. The number of fused-ring (bicyclic) bond motifs is 1. The van der Waals surface area contributed by atoms with E-state index < -0.39 is 0 Å². The van der Waals surface area contributed by atoms with Gasteiger partial charge in [0.25, 0.3) is 5.91 Å². The van der Waals surface area contributed by atoms with Crippen LogP contribution < -0.4 is 5.32 Å². The van der Waals surface area contributed by atoms with E-state index in [4.69, 9.17) is 0 Å². The van der Waals surface area contributed by atoms with Gasteiger partial charge in [0, 0.05) is 36.0 Å². The second-order valence-corrected chi connectivity index (χ2v) is 6.57. The molecule has 0 saturated heterocycles. The number of para-hydroxylation sites is 1. The van der Waals surface area contributed by atoms with E-state index in [-0.39, 0.29) is 11.7 Å². The van der Waals surface area contributed by atoms with Crippen LogP contribution in [0.2, 0.25) is 0 Å². The fraction of sp³-hybridized carbons (Fsp3) is 0.250. The highest BCUT2D eigenvalue weighted by molar-refractivity contribution is 6.04. The van der Waals surface area contributed by atoms with Crippen LogP contribution in [0.15, 0.2) is 42.7 Å². The van der Waals surface area contributed by atoms with E-state index in [1.54, 1.807) is 10.9 Å². The highest BCUT2D eigenvalue weighted by Gasteiger charge is 2.26. The number of aryl methyl sites for hydroxylation is 1. The van der Waals surface area contributed by atoms with Gasteiger partial charge >= 0.3 is 0 Å². The average Bonchev–Trinajstić information content (AvgIpc) is 3.26. The lowest BCUT2D eigenvalue weighted by molar-refractivity contribution is 0.0945. The van der Waals surface area contributed by atoms with Gasteiger partial charge in [0.15, 0.2) is 5.78 Å². The number of benzene rings is 1. The molecule has 2 N–H and O–H groups in total. The van der Waals surface area contributed by atoms with Gasteiger partial charge in [-0.2, -0.15) is 5.10 Å². The van der Waals surface area contributed by atoms with Crippen LogP contribution >= 0.6 is 0 Å². The van der Waals surface area contributed by atoms with Crippen LogP contribution in [0.5, 0.6) is 0 Å². The van der Waals surface area contributed by atoms with Crippen molar-refractivity contribution in [3.05, 3.63) is 70.8 Å². The number of hydrogen-bond acceptors (Lipinski definition) is 3. The molecule has 1 aromatic carbocycles. The third kappa shape index (κ3) is 2.94. The van der Waals surface area contributed by atoms with Gasteiger partial charge in [-0.15, -0.1) is 0 Å². The lowest BCUT2D eigenvalue weighted by Crippen LogP contribution is -2.23. The molecule has 0 fully saturated rings. The number of Topliss-reactive ketones (excluding diaryl/α,β-unsaturated/α-hetero) is 1. The van der Waals surface area contributed by atoms with Crippen LogP contribution in [0.25, 0.3) is 5.69 Å². The number of nitrogens with zero attached hydrogens (tertiary/aromatic N) is 2. The van der Waals surface area contributed by atoms with Gasteiger partial charge in [0.2, 0.25) is 0 Å². The molecule has 0 bridgehead atoms. The Kier molecular flexibility index (Phi) is 4.16. The number of carbonyl (C=O) groups excluding carboxylic acids is 2. The van der Waals surface area contributed by atoms with Crippen molar-refractivity contribution in [3.8, 4) is 5.69 Å². The normalized spacial score (nSPS) is 13.5. The van der Waals surface area contributed by atoms with E-state index in [9.17, 15) is 9.59 Å². The van der Waals surface area contributed by atoms with E-state index in [0.717, 1.165) is 35.3 Å². The summed E-state index contributed by atoms with van der Waals surface area (Å²) in [6, 6.07) is 9.81. The molecule has 2 aromatic heterocycles. The Morgan fingerprint density at radius 1 is 1.27 bits per heavy atom. The summed E-state index contributed by atoms with van der Waals surface area (Å²) < 4.78 is 1.78. The molecule has 0 aliphatic heterocycles. The van der Waals surface area contributed by atoms with Gasteiger partial charge in [-0.1, -0.05) is 18.2 Å². The summed E-state index contributed by atoms with van der Waals surface area (Å²) in [6.45, 7) is 2.21. The molecule has 6 heteroatoms. The number of H-pyrrole nitrogens is 1. The Labute approximate surface area is 151 Å². The van der Waals surface area contributed by atoms with Crippen molar-refractivity contribution in [2.45, 2.75) is 32.7 Å². The largest absolute Gasteiger partial charge is 0.354 e. The molecule has 0 atom stereocenters. The standard InChI is InChI=1S/C20H20N4O2/c1-13-18-16(8-5-9-17(18)25)23-19(13)20(26)21-10-14-11-22-24(12-14)15-6-3-2-4-7-15/h2-4,6-7,11-12,23H,5,8-10H2,1H3,(H,21,26). The summed E-state index contributed by atoms with van der Waals surface area (Å²) in [7, 11) is 0. The molecule has 6 nitrogen and oxygen atoms in total. The van der Waals surface area contributed by atoms with Crippen molar-refractivity contribution < 1.29 is 9.59 Å². The molecular weight excluding hydrogens is 328 g/mol. The first-order chi connectivity index (χ1) is 12.6. The molecule has 0 radical (unpaired) electrons. The number of hydrogen-bond donors (Lipinski definition) is 2. The molecule has 0 saturated carbocycles. The van der Waals surface area contributed by atoms with Crippen molar-refractivity contribution in [1.82, 2.24) is 20.1 Å². The number of nitrogens with one attached hydrogen (secondary N) is 2. The Bertz CT molecular complexity index is 969. The summed E-state index contributed by atoms with van der Waals surface area (Å²) in [4.78, 5) is 27.8. The number of aromatic nitrogens is 3.